The van der Waals surface area contributed by atoms with E-state index < -0.39 is 27.9 Å². The summed E-state index contributed by atoms with van der Waals surface area (Å²) in [4.78, 5) is 46.2. The van der Waals surface area contributed by atoms with Gasteiger partial charge in [-0.05, 0) is 48.7 Å². The van der Waals surface area contributed by atoms with Gasteiger partial charge in [0, 0.05) is 40.7 Å². The van der Waals surface area contributed by atoms with Crippen molar-refractivity contribution in [3.05, 3.63) is 76.9 Å². The minimum atomic E-state index is -3.67. The lowest BCUT2D eigenvalue weighted by atomic mass is 9.95. The molecule has 1 aromatic heterocycles. The molecule has 0 aliphatic rings. The van der Waals surface area contributed by atoms with Gasteiger partial charge < -0.3 is 21.5 Å². The van der Waals surface area contributed by atoms with Gasteiger partial charge in [-0.3, -0.25) is 19.6 Å². The number of nitrogen functional groups attached to an aromatic ring is 1. The van der Waals surface area contributed by atoms with Crippen LogP contribution in [0.1, 0.15) is 63.4 Å². The van der Waals surface area contributed by atoms with E-state index in [4.69, 9.17) is 15.7 Å². The summed E-state index contributed by atoms with van der Waals surface area (Å²) in [6.07, 6.45) is 2.10. The van der Waals surface area contributed by atoms with Crippen molar-refractivity contribution < 1.29 is 32.5 Å². The highest BCUT2D eigenvalue weighted by atomic mass is 32.2. The summed E-state index contributed by atoms with van der Waals surface area (Å²) in [5.41, 5.74) is 6.68. The molecule has 14 heteroatoms. The molecule has 0 saturated heterocycles. The molecule has 3 aromatic rings. The van der Waals surface area contributed by atoms with E-state index in [1.165, 1.54) is 24.4 Å². The Morgan fingerprint density at radius 1 is 1.00 bits per heavy atom. The number of benzene rings is 2. The van der Waals surface area contributed by atoms with Crippen LogP contribution in [0.25, 0.3) is 11.1 Å². The molecule has 0 unspecified atom stereocenters. The molecule has 41 heavy (non-hydrogen) atoms. The van der Waals surface area contributed by atoms with E-state index in [0.29, 0.717) is 29.9 Å². The van der Waals surface area contributed by atoms with Crippen LogP contribution in [0, 0.1) is 17.7 Å². The number of carbonyl (C=O) groups is 3. The topological polar surface area (TPSA) is 226 Å². The predicted molar refractivity (Wildman–Crippen MR) is 154 cm³/mol. The van der Waals surface area contributed by atoms with Gasteiger partial charge in [0.05, 0.1) is 11.8 Å². The molecule has 0 spiro atoms. The van der Waals surface area contributed by atoms with Crippen molar-refractivity contribution >= 4 is 39.4 Å². The standard InChI is InChI=1S/C26H28N6O4.CH4O3S/c1-14-29-12-20(21(31-14)24(34)32-17-8-5-15(6-9-17)22(27)28)18-10-7-16(11-19(18)25(35)36)23(33)30-13-26(2,3)4;1-5(2,3)4/h5-12H,13H2,1-4H3,(H3,27,28)(H,30,33)(H,32,34)(H,35,36);1H3,(H,2,3,4). The van der Waals surface area contributed by atoms with Crippen LogP contribution in [0.2, 0.25) is 0 Å². The molecule has 2 aromatic carbocycles. The van der Waals surface area contributed by atoms with Gasteiger partial charge in [0.2, 0.25) is 0 Å². The highest BCUT2D eigenvalue weighted by molar-refractivity contribution is 7.85. The highest BCUT2D eigenvalue weighted by Gasteiger charge is 2.23. The van der Waals surface area contributed by atoms with E-state index in [2.05, 4.69) is 20.6 Å². The van der Waals surface area contributed by atoms with E-state index in [1.807, 2.05) is 20.8 Å². The maximum atomic E-state index is 13.1. The lowest BCUT2D eigenvalue weighted by Crippen LogP contribution is -2.32. The Bertz CT molecular complexity index is 1570. The molecule has 0 bridgehead atoms. The largest absolute Gasteiger partial charge is 0.478 e. The fourth-order valence-corrected chi connectivity index (χ4v) is 3.31. The van der Waals surface area contributed by atoms with Crippen molar-refractivity contribution in [2.45, 2.75) is 27.7 Å². The number of carbonyl (C=O) groups excluding carboxylic acids is 2. The smallest absolute Gasteiger partial charge is 0.336 e. The third kappa shape index (κ3) is 10.4. The van der Waals surface area contributed by atoms with Gasteiger partial charge in [0.1, 0.15) is 17.4 Å². The minimum Gasteiger partial charge on any atom is -0.478 e. The molecule has 13 nitrogen and oxygen atoms in total. The van der Waals surface area contributed by atoms with Gasteiger partial charge in [-0.1, -0.05) is 26.8 Å². The average Bonchev–Trinajstić information content (AvgIpc) is 2.85. The van der Waals surface area contributed by atoms with Crippen LogP contribution in [-0.4, -0.2) is 64.5 Å². The highest BCUT2D eigenvalue weighted by Crippen LogP contribution is 2.28. The Hall–Kier alpha value is -4.69. The Labute approximate surface area is 237 Å². The second kappa shape index (κ2) is 13.1. The number of nitrogens with zero attached hydrogens (tertiary/aromatic N) is 2. The number of aromatic nitrogens is 2. The SMILES string of the molecule is CS(=O)(=O)O.Cc1ncc(-c2ccc(C(=O)NCC(C)(C)C)cc2C(=O)O)c(C(=O)Nc2ccc(C(=N)N)cc2)n1. The number of nitrogens with two attached hydrogens (primary N) is 1. The molecule has 218 valence electrons. The first kappa shape index (κ1) is 32.5. The molecule has 0 saturated carbocycles. The molecular weight excluding hydrogens is 552 g/mol. The lowest BCUT2D eigenvalue weighted by Gasteiger charge is -2.19. The maximum absolute atomic E-state index is 13.1. The van der Waals surface area contributed by atoms with E-state index in [9.17, 15) is 27.9 Å². The number of rotatable bonds is 7. The summed E-state index contributed by atoms with van der Waals surface area (Å²) in [5.74, 6) is -2.01. The maximum Gasteiger partial charge on any atom is 0.336 e. The summed E-state index contributed by atoms with van der Waals surface area (Å²) in [6, 6.07) is 10.6. The number of hydrogen-bond donors (Lipinski definition) is 6. The number of nitrogens with one attached hydrogen (secondary N) is 3. The number of carboxylic acid groups (broad SMARTS) is 1. The molecular formula is C27H32N6O7S. The van der Waals surface area contributed by atoms with Crippen LogP contribution in [0.15, 0.2) is 48.7 Å². The third-order valence-corrected chi connectivity index (χ3v) is 5.16. The normalized spacial score (nSPS) is 11.1. The number of aromatic carboxylic acids is 1. The fraction of sp³-hybridized carbons (Fsp3) is 0.259. The predicted octanol–water partition coefficient (Wildman–Crippen LogP) is 2.97. The average molecular weight is 585 g/mol. The Morgan fingerprint density at radius 3 is 2.07 bits per heavy atom. The van der Waals surface area contributed by atoms with E-state index in [1.54, 1.807) is 31.2 Å². The van der Waals surface area contributed by atoms with Gasteiger partial charge in [-0.2, -0.15) is 8.42 Å². The fourth-order valence-electron chi connectivity index (χ4n) is 3.31. The first-order valence-corrected chi connectivity index (χ1v) is 13.9. The number of aryl methyl sites for hydroxylation is 1. The summed E-state index contributed by atoms with van der Waals surface area (Å²) < 4.78 is 25.9. The van der Waals surface area contributed by atoms with Crippen LogP contribution in [-0.2, 0) is 10.1 Å². The Kier molecular flexibility index (Phi) is 10.4. The first-order chi connectivity index (χ1) is 18.9. The number of amides is 2. The molecule has 0 aliphatic carbocycles. The number of carboxylic acids is 1. The van der Waals surface area contributed by atoms with Crippen molar-refractivity contribution in [3.8, 4) is 11.1 Å². The minimum absolute atomic E-state index is 0.0226. The van der Waals surface area contributed by atoms with Gasteiger partial charge in [0.15, 0.2) is 0 Å². The number of hydrogen-bond acceptors (Lipinski definition) is 8. The van der Waals surface area contributed by atoms with Crippen molar-refractivity contribution in [1.82, 2.24) is 15.3 Å². The van der Waals surface area contributed by atoms with Crippen molar-refractivity contribution in [1.29, 1.82) is 5.41 Å². The van der Waals surface area contributed by atoms with Gasteiger partial charge in [-0.25, -0.2) is 14.8 Å². The molecule has 0 fully saturated rings. The zero-order chi connectivity index (χ0) is 31.1. The molecule has 2 amide bonds. The Balaban J connectivity index is 0.00000108. The molecule has 0 aliphatic heterocycles. The molecule has 3 rings (SSSR count). The van der Waals surface area contributed by atoms with Crippen LogP contribution >= 0.6 is 0 Å². The number of anilines is 1. The summed E-state index contributed by atoms with van der Waals surface area (Å²) in [5, 5.41) is 22.9. The van der Waals surface area contributed by atoms with Crippen molar-refractivity contribution in [2.75, 3.05) is 18.1 Å². The monoisotopic (exact) mass is 584 g/mol. The zero-order valence-corrected chi connectivity index (χ0v) is 24.0. The number of amidine groups is 1. The van der Waals surface area contributed by atoms with Gasteiger partial charge >= 0.3 is 5.97 Å². The van der Waals surface area contributed by atoms with E-state index in [-0.39, 0.29) is 39.2 Å². The summed E-state index contributed by atoms with van der Waals surface area (Å²) in [6.45, 7) is 7.95. The van der Waals surface area contributed by atoms with Crippen molar-refractivity contribution in [3.63, 3.8) is 0 Å². The molecule has 7 N–H and O–H groups in total. The Morgan fingerprint density at radius 2 is 1.56 bits per heavy atom. The summed E-state index contributed by atoms with van der Waals surface area (Å²) >= 11 is 0. The van der Waals surface area contributed by atoms with Gasteiger partial charge in [0.25, 0.3) is 21.9 Å². The van der Waals surface area contributed by atoms with Gasteiger partial charge in [-0.15, -0.1) is 0 Å². The molecule has 0 atom stereocenters. The van der Waals surface area contributed by atoms with Crippen LogP contribution in [0.5, 0.6) is 0 Å². The van der Waals surface area contributed by atoms with Crippen molar-refractivity contribution in [2.24, 2.45) is 11.1 Å². The van der Waals surface area contributed by atoms with Crippen LogP contribution in [0.4, 0.5) is 5.69 Å². The summed E-state index contributed by atoms with van der Waals surface area (Å²) in [7, 11) is -3.67. The van der Waals surface area contributed by atoms with E-state index in [0.717, 1.165) is 0 Å². The molecule has 0 radical (unpaired) electrons. The zero-order valence-electron chi connectivity index (χ0n) is 23.1. The van der Waals surface area contributed by atoms with Crippen LogP contribution < -0.4 is 16.4 Å². The van der Waals surface area contributed by atoms with Crippen LogP contribution in [0.3, 0.4) is 0 Å². The second-order valence-corrected chi connectivity index (χ2v) is 11.6. The quantitative estimate of drug-likeness (QED) is 0.135. The van der Waals surface area contributed by atoms with E-state index >= 15 is 0 Å². The molecule has 1 heterocycles. The third-order valence-electron chi connectivity index (χ3n) is 5.16. The lowest BCUT2D eigenvalue weighted by molar-refractivity contribution is 0.0697. The second-order valence-electron chi connectivity index (χ2n) is 10.2. The first-order valence-electron chi connectivity index (χ1n) is 12.0.